The summed E-state index contributed by atoms with van der Waals surface area (Å²) in [4.78, 5) is 0. The van der Waals surface area contributed by atoms with E-state index in [-0.39, 0.29) is 0 Å². The summed E-state index contributed by atoms with van der Waals surface area (Å²) in [5.74, 6) is 0. The van der Waals surface area contributed by atoms with Crippen LogP contribution in [0.25, 0.3) is 0 Å². The van der Waals surface area contributed by atoms with E-state index in [1.807, 2.05) is 0 Å². The Kier molecular flexibility index (Phi) is 1.13. The fourth-order valence-electron chi connectivity index (χ4n) is 0. The number of aliphatic hydroxyl groups excluding tert-OH is 1. The SMILES string of the molecule is [CH2+]C(C)O. The zero-order valence-corrected chi connectivity index (χ0v) is 2.73. The minimum Gasteiger partial charge on any atom is -0.354 e. The molecule has 1 atom stereocenters. The Bertz CT molecular complexity index is 8.00. The Morgan fingerprint density at radius 3 is 2.00 bits per heavy atom. The lowest BCUT2D eigenvalue weighted by molar-refractivity contribution is 0.241. The van der Waals surface area contributed by atoms with Gasteiger partial charge in [-0.3, -0.25) is 0 Å². The van der Waals surface area contributed by atoms with Crippen LogP contribution in [0, 0.1) is 6.92 Å². The maximum atomic E-state index is 7.94. The van der Waals surface area contributed by atoms with Gasteiger partial charge in [-0.05, 0) is 0 Å². The third-order valence-electron chi connectivity index (χ3n) is 0. The number of rotatable bonds is 0. The van der Waals surface area contributed by atoms with Crippen LogP contribution in [0.3, 0.4) is 0 Å². The second kappa shape index (κ2) is 1.18. The van der Waals surface area contributed by atoms with Gasteiger partial charge in [-0.15, -0.1) is 0 Å². The average Bonchev–Trinajstić information content (AvgIpc) is 0.811. The lowest BCUT2D eigenvalue weighted by atomic mass is 10.5. The first-order chi connectivity index (χ1) is 1.73. The van der Waals surface area contributed by atoms with Crippen molar-refractivity contribution in [3.8, 4) is 0 Å². The number of aliphatic hydroxyl groups is 1. The zero-order valence-electron chi connectivity index (χ0n) is 2.73. The molecule has 0 aromatic carbocycles. The van der Waals surface area contributed by atoms with Crippen molar-refractivity contribution in [2.75, 3.05) is 0 Å². The van der Waals surface area contributed by atoms with Crippen LogP contribution >= 0.6 is 0 Å². The molecular formula is C3H7O+. The molecule has 0 saturated carbocycles. The van der Waals surface area contributed by atoms with Crippen LogP contribution in [0.15, 0.2) is 0 Å². The van der Waals surface area contributed by atoms with Gasteiger partial charge in [0.05, 0.1) is 6.92 Å². The Morgan fingerprint density at radius 1 is 2.00 bits per heavy atom. The predicted octanol–water partition coefficient (Wildman–Crippen LogP) is 0.201. The maximum Gasteiger partial charge on any atom is 0.189 e. The van der Waals surface area contributed by atoms with E-state index in [4.69, 9.17) is 5.11 Å². The summed E-state index contributed by atoms with van der Waals surface area (Å²) in [6, 6.07) is 0. The highest BCUT2D eigenvalue weighted by molar-refractivity contribution is 4.40. The fourth-order valence-corrected chi connectivity index (χ4v) is 0. The number of hydrogen-bond acceptors (Lipinski definition) is 1. The molecule has 1 N–H and O–H groups in total. The van der Waals surface area contributed by atoms with Gasteiger partial charge in [0.15, 0.2) is 6.10 Å². The van der Waals surface area contributed by atoms with E-state index in [0.29, 0.717) is 0 Å². The van der Waals surface area contributed by atoms with E-state index in [9.17, 15) is 0 Å². The molecule has 4 heavy (non-hydrogen) atoms. The summed E-state index contributed by atoms with van der Waals surface area (Å²) >= 11 is 0. The van der Waals surface area contributed by atoms with Crippen LogP contribution in [0.4, 0.5) is 0 Å². The fraction of sp³-hybridized carbons (Fsp3) is 0.667. The highest BCUT2D eigenvalue weighted by atomic mass is 16.3. The van der Waals surface area contributed by atoms with Crippen LogP contribution in [-0.4, -0.2) is 11.2 Å². The quantitative estimate of drug-likeness (QED) is 0.395. The van der Waals surface area contributed by atoms with Crippen LogP contribution in [0.1, 0.15) is 6.92 Å². The first-order valence-electron chi connectivity index (χ1n) is 1.24. The van der Waals surface area contributed by atoms with Gasteiger partial charge in [0.1, 0.15) is 0 Å². The largest absolute Gasteiger partial charge is 0.354 e. The summed E-state index contributed by atoms with van der Waals surface area (Å²) < 4.78 is 0. The van der Waals surface area contributed by atoms with Crippen molar-refractivity contribution in [2.45, 2.75) is 13.0 Å². The molecule has 0 bridgehead atoms. The average molecular weight is 59.1 g/mol. The lowest BCUT2D eigenvalue weighted by Gasteiger charge is -1.70. The van der Waals surface area contributed by atoms with Gasteiger partial charge in [0.2, 0.25) is 0 Å². The van der Waals surface area contributed by atoms with Crippen molar-refractivity contribution >= 4 is 0 Å². The molecule has 1 nitrogen and oxygen atoms in total. The second-order valence-electron chi connectivity index (χ2n) is 0.849. The van der Waals surface area contributed by atoms with E-state index in [2.05, 4.69) is 6.92 Å². The first kappa shape index (κ1) is 3.83. The first-order valence-corrected chi connectivity index (χ1v) is 1.24. The number of hydrogen-bond donors (Lipinski definition) is 1. The maximum absolute atomic E-state index is 7.94. The molecule has 0 saturated heterocycles. The molecule has 24 valence electrons. The Balaban J connectivity index is 2.32. The summed E-state index contributed by atoms with van der Waals surface area (Å²) in [5.41, 5.74) is 0. The second-order valence-corrected chi connectivity index (χ2v) is 0.849. The van der Waals surface area contributed by atoms with Crippen molar-refractivity contribution in [3.05, 3.63) is 6.92 Å². The lowest BCUT2D eigenvalue weighted by Crippen LogP contribution is -1.86. The van der Waals surface area contributed by atoms with Crippen LogP contribution in [0.2, 0.25) is 0 Å². The summed E-state index contributed by atoms with van der Waals surface area (Å²) in [6.07, 6.45) is -0.417. The van der Waals surface area contributed by atoms with Gasteiger partial charge in [-0.25, -0.2) is 0 Å². The predicted molar refractivity (Wildman–Crippen MR) is 17.0 cm³/mol. The van der Waals surface area contributed by atoms with E-state index >= 15 is 0 Å². The minimum absolute atomic E-state index is 0.417. The van der Waals surface area contributed by atoms with Gasteiger partial charge in [-0.2, -0.15) is 0 Å². The van der Waals surface area contributed by atoms with E-state index in [1.54, 1.807) is 6.92 Å². The molecule has 0 aliphatic rings. The van der Waals surface area contributed by atoms with Crippen molar-refractivity contribution in [1.82, 2.24) is 0 Å². The Morgan fingerprint density at radius 2 is 2.00 bits per heavy atom. The van der Waals surface area contributed by atoms with Gasteiger partial charge in [0, 0.05) is 6.92 Å². The van der Waals surface area contributed by atoms with Crippen molar-refractivity contribution < 1.29 is 5.11 Å². The molecule has 0 aromatic heterocycles. The Labute approximate surface area is 26.3 Å². The zero-order chi connectivity index (χ0) is 3.58. The smallest absolute Gasteiger partial charge is 0.189 e. The van der Waals surface area contributed by atoms with E-state index < -0.39 is 6.10 Å². The molecule has 0 radical (unpaired) electrons. The molecule has 0 rings (SSSR count). The molecular weight excluding hydrogens is 52.0 g/mol. The van der Waals surface area contributed by atoms with E-state index in [1.165, 1.54) is 0 Å². The molecule has 0 aromatic rings. The van der Waals surface area contributed by atoms with Gasteiger partial charge in [0.25, 0.3) is 0 Å². The molecule has 0 heterocycles. The standard InChI is InChI=1S/C3H7O/c1-3(2)4/h3-4H,1H2,2H3/q+1. The van der Waals surface area contributed by atoms with Gasteiger partial charge >= 0.3 is 0 Å². The minimum atomic E-state index is -0.417. The third-order valence-corrected chi connectivity index (χ3v) is 0. The molecule has 0 fully saturated rings. The monoisotopic (exact) mass is 59.0 g/mol. The highest BCUT2D eigenvalue weighted by Crippen LogP contribution is 1.63. The van der Waals surface area contributed by atoms with Crippen LogP contribution < -0.4 is 0 Å². The normalized spacial score (nSPS) is 15.5. The van der Waals surface area contributed by atoms with Gasteiger partial charge in [-0.1, -0.05) is 0 Å². The molecule has 1 unspecified atom stereocenters. The summed E-state index contributed by atoms with van der Waals surface area (Å²) in [5, 5.41) is 7.94. The summed E-state index contributed by atoms with van der Waals surface area (Å²) in [7, 11) is 0. The van der Waals surface area contributed by atoms with Crippen molar-refractivity contribution in [2.24, 2.45) is 0 Å². The molecule has 0 amide bonds. The van der Waals surface area contributed by atoms with Crippen LogP contribution in [0.5, 0.6) is 0 Å². The highest BCUT2D eigenvalue weighted by Gasteiger charge is 1.80. The van der Waals surface area contributed by atoms with Crippen LogP contribution in [-0.2, 0) is 0 Å². The molecule has 0 aliphatic heterocycles. The van der Waals surface area contributed by atoms with Crippen molar-refractivity contribution in [1.29, 1.82) is 0 Å². The Hall–Kier alpha value is -0.170. The summed E-state index contributed by atoms with van der Waals surface area (Å²) in [6.45, 7) is 4.81. The van der Waals surface area contributed by atoms with Crippen molar-refractivity contribution in [3.63, 3.8) is 0 Å². The molecule has 0 aliphatic carbocycles. The molecule has 0 spiro atoms. The topological polar surface area (TPSA) is 20.2 Å². The van der Waals surface area contributed by atoms with Gasteiger partial charge < -0.3 is 5.11 Å². The third kappa shape index (κ3) is 43.6. The van der Waals surface area contributed by atoms with E-state index in [0.717, 1.165) is 0 Å². The molecule has 1 heteroatoms.